The first-order valence-electron chi connectivity index (χ1n) is 7.17. The summed E-state index contributed by atoms with van der Waals surface area (Å²) in [6.45, 7) is -0.0615. The number of nitrogen functional groups attached to an aromatic ring is 1. The van der Waals surface area contributed by atoms with E-state index in [0.29, 0.717) is 22.5 Å². The van der Waals surface area contributed by atoms with Gasteiger partial charge in [0.15, 0.2) is 0 Å². The van der Waals surface area contributed by atoms with Gasteiger partial charge in [0.05, 0.1) is 29.5 Å². The van der Waals surface area contributed by atoms with Gasteiger partial charge in [-0.1, -0.05) is 18.2 Å². The number of aliphatic hydroxyl groups excluding tert-OH is 1. The van der Waals surface area contributed by atoms with Gasteiger partial charge >= 0.3 is 0 Å². The van der Waals surface area contributed by atoms with Crippen LogP contribution in [0.3, 0.4) is 0 Å². The highest BCUT2D eigenvalue weighted by Crippen LogP contribution is 2.29. The molecule has 114 valence electrons. The molecular formula is C17H14N4O2. The number of anilines is 1. The van der Waals surface area contributed by atoms with Crippen LogP contribution < -0.4 is 11.3 Å². The molecule has 0 spiro atoms. The molecule has 0 bridgehead atoms. The first-order chi connectivity index (χ1) is 11.2. The molecule has 0 saturated heterocycles. The molecule has 6 nitrogen and oxygen atoms in total. The summed E-state index contributed by atoms with van der Waals surface area (Å²) in [7, 11) is 0. The molecule has 4 aromatic rings. The molecule has 0 atom stereocenters. The zero-order chi connectivity index (χ0) is 16.0. The van der Waals surface area contributed by atoms with Crippen molar-refractivity contribution in [1.82, 2.24) is 14.5 Å². The number of nitrogens with zero attached hydrogens (tertiary/aromatic N) is 2. The Morgan fingerprint density at radius 3 is 2.87 bits per heavy atom. The minimum Gasteiger partial charge on any atom is -0.395 e. The highest BCUT2D eigenvalue weighted by Gasteiger charge is 2.14. The second-order valence-electron chi connectivity index (χ2n) is 5.35. The van der Waals surface area contributed by atoms with Crippen LogP contribution in [0.5, 0.6) is 0 Å². The second kappa shape index (κ2) is 4.96. The Bertz CT molecular complexity index is 1090. The third kappa shape index (κ3) is 2.00. The number of hydrogen-bond acceptors (Lipinski definition) is 4. The number of nitrogens with one attached hydrogen (secondary N) is 1. The van der Waals surface area contributed by atoms with E-state index in [4.69, 9.17) is 5.73 Å². The number of aliphatic hydroxyl groups is 1. The summed E-state index contributed by atoms with van der Waals surface area (Å²) in [6.07, 6.45) is 1.28. The normalized spacial score (nSPS) is 11.3. The minimum absolute atomic E-state index is 0.0615. The van der Waals surface area contributed by atoms with Crippen molar-refractivity contribution in [2.45, 2.75) is 6.61 Å². The molecule has 4 rings (SSSR count). The molecule has 0 saturated carbocycles. The Morgan fingerprint density at radius 1 is 1.22 bits per heavy atom. The fraction of sp³-hybridized carbons (Fsp3) is 0.0588. The number of para-hydroxylation sites is 2. The number of rotatable bonds is 2. The van der Waals surface area contributed by atoms with Crippen molar-refractivity contribution in [3.8, 4) is 5.82 Å². The molecule has 0 aliphatic carbocycles. The maximum atomic E-state index is 12.4. The van der Waals surface area contributed by atoms with Crippen molar-refractivity contribution in [1.29, 1.82) is 0 Å². The van der Waals surface area contributed by atoms with E-state index >= 15 is 0 Å². The third-order valence-electron chi connectivity index (χ3n) is 3.95. The van der Waals surface area contributed by atoms with Gasteiger partial charge in [0.25, 0.3) is 5.56 Å². The van der Waals surface area contributed by atoms with E-state index in [-0.39, 0.29) is 12.2 Å². The molecule has 6 heteroatoms. The van der Waals surface area contributed by atoms with Crippen molar-refractivity contribution in [2.24, 2.45) is 0 Å². The number of fused-ring (bicyclic) bond motifs is 2. The molecule has 2 heterocycles. The molecule has 0 amide bonds. The molecule has 2 aromatic carbocycles. The molecule has 0 fully saturated rings. The van der Waals surface area contributed by atoms with Crippen molar-refractivity contribution in [3.63, 3.8) is 0 Å². The maximum absolute atomic E-state index is 12.4. The van der Waals surface area contributed by atoms with Crippen LogP contribution in [0.15, 0.2) is 53.5 Å². The summed E-state index contributed by atoms with van der Waals surface area (Å²) in [6, 6.07) is 12.9. The predicted octanol–water partition coefficient (Wildman–Crippen LogP) is 1.94. The molecule has 0 aliphatic rings. The van der Waals surface area contributed by atoms with Crippen LogP contribution in [0.25, 0.3) is 27.8 Å². The number of aromatic nitrogens is 3. The highest BCUT2D eigenvalue weighted by atomic mass is 16.3. The lowest BCUT2D eigenvalue weighted by molar-refractivity contribution is 0.282. The van der Waals surface area contributed by atoms with Crippen molar-refractivity contribution >= 4 is 27.6 Å². The Hall–Kier alpha value is -3.12. The van der Waals surface area contributed by atoms with E-state index in [9.17, 15) is 9.90 Å². The number of benzene rings is 2. The topological polar surface area (TPSA) is 96.9 Å². The van der Waals surface area contributed by atoms with Crippen LogP contribution in [0.1, 0.15) is 5.56 Å². The summed E-state index contributed by atoms with van der Waals surface area (Å²) in [4.78, 5) is 19.7. The van der Waals surface area contributed by atoms with E-state index in [1.807, 2.05) is 42.5 Å². The average Bonchev–Trinajstić information content (AvgIpc) is 2.91. The Balaban J connectivity index is 2.09. The zero-order valence-corrected chi connectivity index (χ0v) is 12.2. The van der Waals surface area contributed by atoms with Gasteiger partial charge in [-0.05, 0) is 29.8 Å². The summed E-state index contributed by atoms with van der Waals surface area (Å²) >= 11 is 0. The first-order valence-corrected chi connectivity index (χ1v) is 7.17. The Morgan fingerprint density at radius 2 is 2.04 bits per heavy atom. The molecule has 0 aliphatic heterocycles. The lowest BCUT2D eigenvalue weighted by Crippen LogP contribution is -2.19. The average molecular weight is 306 g/mol. The number of aromatic amines is 1. The highest BCUT2D eigenvalue weighted by molar-refractivity contribution is 5.97. The van der Waals surface area contributed by atoms with Gasteiger partial charge in [0.1, 0.15) is 5.82 Å². The predicted molar refractivity (Wildman–Crippen MR) is 89.5 cm³/mol. The number of hydrogen-bond donors (Lipinski definition) is 3. The van der Waals surface area contributed by atoms with Gasteiger partial charge in [0, 0.05) is 10.9 Å². The van der Waals surface area contributed by atoms with Crippen LogP contribution in [-0.4, -0.2) is 19.6 Å². The first kappa shape index (κ1) is 13.5. The Kier molecular flexibility index (Phi) is 2.92. The van der Waals surface area contributed by atoms with Crippen molar-refractivity contribution < 1.29 is 5.11 Å². The van der Waals surface area contributed by atoms with Gasteiger partial charge in [-0.15, -0.1) is 0 Å². The molecule has 4 N–H and O–H groups in total. The van der Waals surface area contributed by atoms with Gasteiger partial charge in [-0.25, -0.2) is 4.98 Å². The van der Waals surface area contributed by atoms with E-state index in [1.165, 1.54) is 10.8 Å². The van der Waals surface area contributed by atoms with E-state index in [0.717, 1.165) is 16.5 Å². The molecule has 0 radical (unpaired) electrons. The summed E-state index contributed by atoms with van der Waals surface area (Å²) < 4.78 is 1.52. The minimum atomic E-state index is -0.260. The smallest absolute Gasteiger partial charge is 0.275 e. The van der Waals surface area contributed by atoms with Crippen LogP contribution in [0.4, 0.5) is 5.69 Å². The van der Waals surface area contributed by atoms with Gasteiger partial charge < -0.3 is 15.8 Å². The van der Waals surface area contributed by atoms with Crippen LogP contribution in [0.2, 0.25) is 0 Å². The summed E-state index contributed by atoms with van der Waals surface area (Å²) in [5, 5.41) is 10.1. The summed E-state index contributed by atoms with van der Waals surface area (Å²) in [5.74, 6) is 0.513. The lowest BCUT2D eigenvalue weighted by atomic mass is 10.1. The van der Waals surface area contributed by atoms with Crippen molar-refractivity contribution in [2.75, 3.05) is 5.73 Å². The molecule has 2 aromatic heterocycles. The SMILES string of the molecule is Nc1c(-n2c(=O)cnc3ccccc32)[nH]c2ccc(CO)cc12. The molecular weight excluding hydrogens is 292 g/mol. The standard InChI is InChI=1S/C17H14N4O2/c18-16-11-7-10(9-22)5-6-12(11)20-17(16)21-14-4-2-1-3-13(14)19-8-15(21)23/h1-8,20,22H,9,18H2. The molecule has 23 heavy (non-hydrogen) atoms. The van der Waals surface area contributed by atoms with E-state index in [1.54, 1.807) is 0 Å². The monoisotopic (exact) mass is 306 g/mol. The largest absolute Gasteiger partial charge is 0.395 e. The number of H-pyrrole nitrogens is 1. The van der Waals surface area contributed by atoms with Crippen LogP contribution in [-0.2, 0) is 6.61 Å². The van der Waals surface area contributed by atoms with Crippen LogP contribution in [0, 0.1) is 0 Å². The quantitative estimate of drug-likeness (QED) is 0.527. The molecule has 0 unspecified atom stereocenters. The van der Waals surface area contributed by atoms with Crippen molar-refractivity contribution in [3.05, 3.63) is 64.6 Å². The fourth-order valence-electron chi connectivity index (χ4n) is 2.81. The lowest BCUT2D eigenvalue weighted by Gasteiger charge is -2.08. The van der Waals surface area contributed by atoms with Gasteiger partial charge in [-0.3, -0.25) is 9.36 Å². The zero-order valence-electron chi connectivity index (χ0n) is 12.2. The summed E-state index contributed by atoms with van der Waals surface area (Å²) in [5.41, 5.74) is 9.43. The van der Waals surface area contributed by atoms with E-state index in [2.05, 4.69) is 9.97 Å². The second-order valence-corrected chi connectivity index (χ2v) is 5.35. The fourth-order valence-corrected chi connectivity index (χ4v) is 2.81. The van der Waals surface area contributed by atoms with Crippen LogP contribution >= 0.6 is 0 Å². The van der Waals surface area contributed by atoms with Gasteiger partial charge in [-0.2, -0.15) is 0 Å². The van der Waals surface area contributed by atoms with E-state index < -0.39 is 0 Å². The Labute approximate surface area is 130 Å². The van der Waals surface area contributed by atoms with Gasteiger partial charge in [0.2, 0.25) is 0 Å². The maximum Gasteiger partial charge on any atom is 0.275 e. The third-order valence-corrected chi connectivity index (χ3v) is 3.95. The number of nitrogens with two attached hydrogens (primary N) is 1.